The van der Waals surface area contributed by atoms with Crippen molar-refractivity contribution in [2.45, 2.75) is 46.3 Å². The fourth-order valence-corrected chi connectivity index (χ4v) is 3.44. The molecule has 4 heteroatoms. The molecule has 0 fully saturated rings. The number of aryl methyl sites for hydroxylation is 2. The second-order valence-electron chi connectivity index (χ2n) is 6.52. The first-order valence-corrected chi connectivity index (χ1v) is 8.60. The van der Waals surface area contributed by atoms with E-state index in [1.54, 1.807) is 6.92 Å². The van der Waals surface area contributed by atoms with Gasteiger partial charge in [0.2, 0.25) is 0 Å². The van der Waals surface area contributed by atoms with E-state index < -0.39 is 6.10 Å². The predicted octanol–water partition coefficient (Wildman–Crippen LogP) is 4.70. The number of benzene rings is 2. The highest BCUT2D eigenvalue weighted by molar-refractivity contribution is 6.32. The number of carbonyl (C=O) groups is 1. The van der Waals surface area contributed by atoms with Gasteiger partial charge in [0.1, 0.15) is 5.75 Å². The summed E-state index contributed by atoms with van der Waals surface area (Å²) in [7, 11) is 0. The molecule has 126 valence electrons. The lowest BCUT2D eigenvalue weighted by Gasteiger charge is -2.26. The molecular formula is C20H22ClNO2. The summed E-state index contributed by atoms with van der Waals surface area (Å²) in [5.41, 5.74) is 4.11. The highest BCUT2D eigenvalue weighted by Crippen LogP contribution is 2.33. The zero-order chi connectivity index (χ0) is 17.4. The average Bonchev–Trinajstić information content (AvgIpc) is 2.87. The molecular weight excluding hydrogens is 322 g/mol. The van der Waals surface area contributed by atoms with Crippen molar-refractivity contribution >= 4 is 23.2 Å². The number of anilines is 1. The van der Waals surface area contributed by atoms with Crippen LogP contribution in [-0.2, 0) is 11.2 Å². The summed E-state index contributed by atoms with van der Waals surface area (Å²) >= 11 is 6.20. The third-order valence-corrected chi connectivity index (χ3v) is 5.11. The van der Waals surface area contributed by atoms with E-state index in [1.807, 2.05) is 49.1 Å². The largest absolute Gasteiger partial charge is 0.481 e. The van der Waals surface area contributed by atoms with Gasteiger partial charge in [0.15, 0.2) is 6.10 Å². The molecule has 3 rings (SSSR count). The van der Waals surface area contributed by atoms with E-state index >= 15 is 0 Å². The Bertz CT molecular complexity index is 764. The Balaban J connectivity index is 1.81. The fraction of sp³-hybridized carbons (Fsp3) is 0.350. The Kier molecular flexibility index (Phi) is 4.55. The first kappa shape index (κ1) is 16.8. The van der Waals surface area contributed by atoms with E-state index in [0.717, 1.165) is 28.3 Å². The van der Waals surface area contributed by atoms with Crippen molar-refractivity contribution in [2.75, 3.05) is 4.90 Å². The summed E-state index contributed by atoms with van der Waals surface area (Å²) in [5.74, 6) is 0.660. The highest BCUT2D eigenvalue weighted by atomic mass is 35.5. The zero-order valence-corrected chi connectivity index (χ0v) is 15.2. The van der Waals surface area contributed by atoms with Gasteiger partial charge < -0.3 is 9.64 Å². The second kappa shape index (κ2) is 6.48. The van der Waals surface area contributed by atoms with Crippen molar-refractivity contribution in [3.8, 4) is 5.75 Å². The van der Waals surface area contributed by atoms with Crippen molar-refractivity contribution in [3.63, 3.8) is 0 Å². The predicted molar refractivity (Wildman–Crippen MR) is 98.1 cm³/mol. The van der Waals surface area contributed by atoms with Crippen LogP contribution < -0.4 is 9.64 Å². The van der Waals surface area contributed by atoms with Crippen molar-refractivity contribution in [3.05, 3.63) is 58.1 Å². The van der Waals surface area contributed by atoms with Gasteiger partial charge in [0.05, 0.1) is 0 Å². The Morgan fingerprint density at radius 1 is 1.25 bits per heavy atom. The van der Waals surface area contributed by atoms with Gasteiger partial charge in [0.25, 0.3) is 5.91 Å². The van der Waals surface area contributed by atoms with E-state index in [4.69, 9.17) is 16.3 Å². The molecule has 1 aliphatic rings. The van der Waals surface area contributed by atoms with Gasteiger partial charge in [-0.1, -0.05) is 29.8 Å². The van der Waals surface area contributed by atoms with Gasteiger partial charge in [0, 0.05) is 16.8 Å². The van der Waals surface area contributed by atoms with Gasteiger partial charge >= 0.3 is 0 Å². The Hall–Kier alpha value is -2.00. The zero-order valence-electron chi connectivity index (χ0n) is 14.5. The number of amides is 1. The third kappa shape index (κ3) is 3.01. The fourth-order valence-electron chi connectivity index (χ4n) is 3.33. The summed E-state index contributed by atoms with van der Waals surface area (Å²) in [6, 6.07) is 12.0. The molecule has 0 aromatic heterocycles. The monoisotopic (exact) mass is 343 g/mol. The third-order valence-electron chi connectivity index (χ3n) is 4.52. The molecule has 0 N–H and O–H groups in total. The maximum absolute atomic E-state index is 12.9. The van der Waals surface area contributed by atoms with Crippen molar-refractivity contribution in [1.29, 1.82) is 0 Å². The molecule has 0 saturated carbocycles. The number of hydrogen-bond acceptors (Lipinski definition) is 2. The van der Waals surface area contributed by atoms with Crippen LogP contribution in [0.1, 0.15) is 30.5 Å². The molecule has 2 aromatic rings. The Morgan fingerprint density at radius 2 is 1.88 bits per heavy atom. The number of para-hydroxylation sites is 1. The molecule has 3 nitrogen and oxygen atoms in total. The summed E-state index contributed by atoms with van der Waals surface area (Å²) in [4.78, 5) is 14.8. The smallest absolute Gasteiger partial charge is 0.268 e. The molecule has 0 unspecified atom stereocenters. The SMILES string of the molecule is Cc1cc(O[C@H](C)C(=O)N2c3ccccc3C[C@H]2C)cc(C)c1Cl. The lowest BCUT2D eigenvalue weighted by molar-refractivity contribution is -0.124. The summed E-state index contributed by atoms with van der Waals surface area (Å²) < 4.78 is 5.92. The summed E-state index contributed by atoms with van der Waals surface area (Å²) in [6.07, 6.45) is 0.326. The molecule has 1 heterocycles. The van der Waals surface area contributed by atoms with E-state index in [0.29, 0.717) is 5.75 Å². The Labute approximate surface area is 148 Å². The number of rotatable bonds is 3. The number of hydrogen-bond donors (Lipinski definition) is 0. The molecule has 24 heavy (non-hydrogen) atoms. The number of carbonyl (C=O) groups excluding carboxylic acids is 1. The first-order chi connectivity index (χ1) is 11.4. The van der Waals surface area contributed by atoms with Crippen LogP contribution in [0, 0.1) is 13.8 Å². The van der Waals surface area contributed by atoms with Crippen molar-refractivity contribution < 1.29 is 9.53 Å². The molecule has 0 aliphatic carbocycles. The first-order valence-electron chi connectivity index (χ1n) is 8.23. The van der Waals surface area contributed by atoms with Crippen LogP contribution in [0.3, 0.4) is 0 Å². The number of halogens is 1. The Morgan fingerprint density at radius 3 is 2.54 bits per heavy atom. The highest BCUT2D eigenvalue weighted by Gasteiger charge is 2.33. The van der Waals surface area contributed by atoms with E-state index in [1.165, 1.54) is 5.56 Å². The molecule has 0 bridgehead atoms. The number of fused-ring (bicyclic) bond motifs is 1. The van der Waals surface area contributed by atoms with Crippen LogP contribution >= 0.6 is 11.6 Å². The van der Waals surface area contributed by atoms with E-state index in [-0.39, 0.29) is 11.9 Å². The van der Waals surface area contributed by atoms with E-state index in [9.17, 15) is 4.79 Å². The summed E-state index contributed by atoms with van der Waals surface area (Å²) in [5, 5.41) is 0.739. The van der Waals surface area contributed by atoms with Gasteiger partial charge in [-0.25, -0.2) is 0 Å². The maximum Gasteiger partial charge on any atom is 0.268 e. The minimum absolute atomic E-state index is 0.0160. The minimum Gasteiger partial charge on any atom is -0.481 e. The maximum atomic E-state index is 12.9. The standard InChI is InChI=1S/C20H22ClNO2/c1-12-9-17(10-13(2)19(12)21)24-15(4)20(23)22-14(3)11-16-7-5-6-8-18(16)22/h5-10,14-15H,11H2,1-4H3/t14-,15-/m1/s1. The van der Waals surface area contributed by atoms with Gasteiger partial charge in [-0.05, 0) is 69.0 Å². The van der Waals surface area contributed by atoms with E-state index in [2.05, 4.69) is 13.0 Å². The summed E-state index contributed by atoms with van der Waals surface area (Å²) in [6.45, 7) is 7.75. The molecule has 0 saturated heterocycles. The second-order valence-corrected chi connectivity index (χ2v) is 6.90. The van der Waals surface area contributed by atoms with Crippen LogP contribution in [0.25, 0.3) is 0 Å². The van der Waals surface area contributed by atoms with Crippen molar-refractivity contribution in [1.82, 2.24) is 0 Å². The van der Waals surface area contributed by atoms with Gasteiger partial charge in [-0.15, -0.1) is 0 Å². The minimum atomic E-state index is -0.557. The van der Waals surface area contributed by atoms with Gasteiger partial charge in [-0.3, -0.25) is 4.79 Å². The molecule has 0 spiro atoms. The van der Waals surface area contributed by atoms with Crippen LogP contribution in [-0.4, -0.2) is 18.1 Å². The molecule has 2 atom stereocenters. The molecule has 0 radical (unpaired) electrons. The average molecular weight is 344 g/mol. The molecule has 1 amide bonds. The quantitative estimate of drug-likeness (QED) is 0.808. The molecule has 2 aromatic carbocycles. The van der Waals surface area contributed by atoms with Gasteiger partial charge in [-0.2, -0.15) is 0 Å². The van der Waals surface area contributed by atoms with Crippen LogP contribution in [0.5, 0.6) is 5.75 Å². The van der Waals surface area contributed by atoms with Crippen molar-refractivity contribution in [2.24, 2.45) is 0 Å². The van der Waals surface area contributed by atoms with Crippen LogP contribution in [0.4, 0.5) is 5.69 Å². The normalized spacial score (nSPS) is 17.5. The number of nitrogens with zero attached hydrogens (tertiary/aromatic N) is 1. The van der Waals surface area contributed by atoms with Crippen LogP contribution in [0.2, 0.25) is 5.02 Å². The van der Waals surface area contributed by atoms with Crippen LogP contribution in [0.15, 0.2) is 36.4 Å². The lowest BCUT2D eigenvalue weighted by atomic mass is 10.1. The number of ether oxygens (including phenoxy) is 1. The topological polar surface area (TPSA) is 29.5 Å². The lowest BCUT2D eigenvalue weighted by Crippen LogP contribution is -2.43. The molecule has 1 aliphatic heterocycles.